The van der Waals surface area contributed by atoms with Crippen LogP contribution in [0.1, 0.15) is 30.0 Å². The zero-order valence-corrected chi connectivity index (χ0v) is 17.6. The number of nitrogens with zero attached hydrogens (tertiary/aromatic N) is 2. The summed E-state index contributed by atoms with van der Waals surface area (Å²) < 4.78 is 6.01. The van der Waals surface area contributed by atoms with Crippen LogP contribution >= 0.6 is 0 Å². The standard InChI is InChI=1S/C24H29N3O3/c1-18-9-6-7-12-21(18)24(2)22(28)27(23(29)25-24)17-20-16-26(13-8-14-30-20)15-19-10-4-3-5-11-19/h3-7,9-12,20H,8,13-17H2,1-2H3,(H,25,29). The molecule has 1 N–H and O–H groups in total. The molecule has 30 heavy (non-hydrogen) atoms. The number of hydrogen-bond acceptors (Lipinski definition) is 4. The van der Waals surface area contributed by atoms with Crippen LogP contribution in [0.5, 0.6) is 0 Å². The van der Waals surface area contributed by atoms with Crippen molar-refractivity contribution in [3.63, 3.8) is 0 Å². The number of carbonyl (C=O) groups excluding carboxylic acids is 2. The molecular weight excluding hydrogens is 378 g/mol. The second kappa shape index (κ2) is 8.58. The van der Waals surface area contributed by atoms with Crippen molar-refractivity contribution < 1.29 is 14.3 Å². The fourth-order valence-electron chi connectivity index (χ4n) is 4.45. The third-order valence-corrected chi connectivity index (χ3v) is 6.03. The Morgan fingerprint density at radius 2 is 1.83 bits per heavy atom. The van der Waals surface area contributed by atoms with Crippen molar-refractivity contribution in [3.8, 4) is 0 Å². The summed E-state index contributed by atoms with van der Waals surface area (Å²) in [5, 5.41) is 2.91. The number of ether oxygens (including phenoxy) is 1. The summed E-state index contributed by atoms with van der Waals surface area (Å²) in [6.07, 6.45) is 0.731. The highest BCUT2D eigenvalue weighted by atomic mass is 16.5. The van der Waals surface area contributed by atoms with Crippen LogP contribution < -0.4 is 5.32 Å². The normalized spacial score (nSPS) is 25.3. The van der Waals surface area contributed by atoms with Crippen molar-refractivity contribution in [2.24, 2.45) is 0 Å². The van der Waals surface area contributed by atoms with Crippen molar-refractivity contribution >= 4 is 11.9 Å². The molecule has 6 nitrogen and oxygen atoms in total. The van der Waals surface area contributed by atoms with Gasteiger partial charge in [-0.3, -0.25) is 14.6 Å². The second-order valence-electron chi connectivity index (χ2n) is 8.35. The van der Waals surface area contributed by atoms with E-state index < -0.39 is 5.54 Å². The first-order valence-corrected chi connectivity index (χ1v) is 10.6. The van der Waals surface area contributed by atoms with E-state index in [4.69, 9.17) is 4.74 Å². The summed E-state index contributed by atoms with van der Waals surface area (Å²) in [4.78, 5) is 29.7. The van der Waals surface area contributed by atoms with Gasteiger partial charge < -0.3 is 10.1 Å². The predicted molar refractivity (Wildman–Crippen MR) is 115 cm³/mol. The van der Waals surface area contributed by atoms with Gasteiger partial charge in [-0.15, -0.1) is 0 Å². The number of aryl methyl sites for hydroxylation is 1. The number of nitrogens with one attached hydrogen (secondary N) is 1. The van der Waals surface area contributed by atoms with Gasteiger partial charge >= 0.3 is 6.03 Å². The Kier molecular flexibility index (Phi) is 5.88. The van der Waals surface area contributed by atoms with Gasteiger partial charge in [0.25, 0.3) is 5.91 Å². The molecule has 0 radical (unpaired) electrons. The maximum absolute atomic E-state index is 13.3. The van der Waals surface area contributed by atoms with Gasteiger partial charge in [-0.05, 0) is 37.0 Å². The van der Waals surface area contributed by atoms with Crippen LogP contribution in [-0.4, -0.2) is 54.1 Å². The molecule has 2 aliphatic heterocycles. The molecule has 2 unspecified atom stereocenters. The fourth-order valence-corrected chi connectivity index (χ4v) is 4.45. The van der Waals surface area contributed by atoms with Crippen LogP contribution in [0, 0.1) is 6.92 Å². The number of carbonyl (C=O) groups is 2. The minimum Gasteiger partial charge on any atom is -0.375 e. The van der Waals surface area contributed by atoms with E-state index >= 15 is 0 Å². The van der Waals surface area contributed by atoms with E-state index in [1.807, 2.05) is 49.4 Å². The van der Waals surface area contributed by atoms with Crippen LogP contribution in [0.3, 0.4) is 0 Å². The molecule has 6 heteroatoms. The number of benzene rings is 2. The van der Waals surface area contributed by atoms with Crippen LogP contribution in [-0.2, 0) is 21.6 Å². The second-order valence-corrected chi connectivity index (χ2v) is 8.35. The van der Waals surface area contributed by atoms with Gasteiger partial charge in [0.05, 0.1) is 12.6 Å². The molecule has 2 aliphatic rings. The molecule has 2 aromatic rings. The average molecular weight is 408 g/mol. The Bertz CT molecular complexity index is 917. The maximum atomic E-state index is 13.3. The smallest absolute Gasteiger partial charge is 0.325 e. The SMILES string of the molecule is Cc1ccccc1C1(C)NC(=O)N(CC2CN(Cc3ccccc3)CCCO2)C1=O. The van der Waals surface area contributed by atoms with E-state index in [0.29, 0.717) is 13.2 Å². The number of urea groups is 1. The van der Waals surface area contributed by atoms with Gasteiger partial charge in [-0.25, -0.2) is 4.79 Å². The van der Waals surface area contributed by atoms with Crippen LogP contribution in [0.4, 0.5) is 4.79 Å². The lowest BCUT2D eigenvalue weighted by atomic mass is 9.88. The van der Waals surface area contributed by atoms with E-state index in [2.05, 4.69) is 22.3 Å². The van der Waals surface area contributed by atoms with Crippen molar-refractivity contribution in [2.75, 3.05) is 26.2 Å². The molecule has 0 spiro atoms. The van der Waals surface area contributed by atoms with E-state index in [-0.39, 0.29) is 24.6 Å². The summed E-state index contributed by atoms with van der Waals surface area (Å²) in [5.41, 5.74) is 2.02. The average Bonchev–Trinajstić information content (AvgIpc) is 2.88. The summed E-state index contributed by atoms with van der Waals surface area (Å²) in [5.74, 6) is -0.218. The monoisotopic (exact) mass is 407 g/mol. The van der Waals surface area contributed by atoms with E-state index in [1.165, 1.54) is 10.5 Å². The first-order valence-electron chi connectivity index (χ1n) is 10.6. The topological polar surface area (TPSA) is 61.9 Å². The fraction of sp³-hybridized carbons (Fsp3) is 0.417. The summed E-state index contributed by atoms with van der Waals surface area (Å²) in [7, 11) is 0. The Morgan fingerprint density at radius 1 is 1.10 bits per heavy atom. The van der Waals surface area contributed by atoms with Gasteiger partial charge in [0.2, 0.25) is 0 Å². The number of amides is 3. The minimum atomic E-state index is -1.04. The van der Waals surface area contributed by atoms with Crippen LogP contribution in [0.2, 0.25) is 0 Å². The van der Waals surface area contributed by atoms with E-state index in [1.54, 1.807) is 6.92 Å². The van der Waals surface area contributed by atoms with E-state index in [0.717, 1.165) is 30.6 Å². The van der Waals surface area contributed by atoms with Crippen LogP contribution in [0.15, 0.2) is 54.6 Å². The van der Waals surface area contributed by atoms with Crippen molar-refractivity contribution in [3.05, 3.63) is 71.3 Å². The number of rotatable bonds is 5. The minimum absolute atomic E-state index is 0.204. The zero-order chi connectivity index (χ0) is 21.1. The van der Waals surface area contributed by atoms with Crippen molar-refractivity contribution in [1.82, 2.24) is 15.1 Å². The molecule has 0 aromatic heterocycles. The Balaban J connectivity index is 1.47. The molecule has 3 amide bonds. The van der Waals surface area contributed by atoms with Gasteiger partial charge in [0.1, 0.15) is 5.54 Å². The summed E-state index contributed by atoms with van der Waals surface area (Å²) in [6.45, 7) is 7.09. The molecule has 2 aromatic carbocycles. The molecule has 2 heterocycles. The van der Waals surface area contributed by atoms with Crippen LogP contribution in [0.25, 0.3) is 0 Å². The third-order valence-electron chi connectivity index (χ3n) is 6.03. The number of imide groups is 1. The summed E-state index contributed by atoms with van der Waals surface area (Å²) >= 11 is 0. The lowest BCUT2D eigenvalue weighted by molar-refractivity contribution is -0.132. The predicted octanol–water partition coefficient (Wildman–Crippen LogP) is 3.05. The highest BCUT2D eigenvalue weighted by molar-refractivity contribution is 6.07. The molecule has 0 saturated carbocycles. The van der Waals surface area contributed by atoms with Gasteiger partial charge in [0, 0.05) is 26.2 Å². The largest absolute Gasteiger partial charge is 0.375 e. The highest BCUT2D eigenvalue weighted by Gasteiger charge is 2.50. The summed E-state index contributed by atoms with van der Waals surface area (Å²) in [6, 6.07) is 17.7. The Labute approximate surface area is 177 Å². The number of hydrogen-bond donors (Lipinski definition) is 1. The lowest BCUT2D eigenvalue weighted by Crippen LogP contribution is -2.44. The molecule has 2 atom stereocenters. The van der Waals surface area contributed by atoms with Gasteiger partial charge in [0.15, 0.2) is 0 Å². The molecular formula is C24H29N3O3. The maximum Gasteiger partial charge on any atom is 0.325 e. The molecule has 158 valence electrons. The molecule has 0 bridgehead atoms. The zero-order valence-electron chi connectivity index (χ0n) is 17.6. The van der Waals surface area contributed by atoms with E-state index in [9.17, 15) is 9.59 Å². The first-order chi connectivity index (χ1) is 14.5. The van der Waals surface area contributed by atoms with Crippen molar-refractivity contribution in [2.45, 2.75) is 38.5 Å². The first kappa shape index (κ1) is 20.6. The van der Waals surface area contributed by atoms with Crippen molar-refractivity contribution in [1.29, 1.82) is 0 Å². The van der Waals surface area contributed by atoms with Gasteiger partial charge in [-0.1, -0.05) is 54.6 Å². The van der Waals surface area contributed by atoms with Gasteiger partial charge in [-0.2, -0.15) is 0 Å². The highest BCUT2D eigenvalue weighted by Crippen LogP contribution is 2.31. The Hall–Kier alpha value is -2.70. The molecule has 2 fully saturated rings. The quantitative estimate of drug-likeness (QED) is 0.774. The molecule has 4 rings (SSSR count). The lowest BCUT2D eigenvalue weighted by Gasteiger charge is -2.27. The third kappa shape index (κ3) is 4.11. The molecule has 0 aliphatic carbocycles. The molecule has 2 saturated heterocycles. The Morgan fingerprint density at radius 3 is 2.60 bits per heavy atom.